The molecule has 15 heavy (non-hydrogen) atoms. The molecule has 0 spiro atoms. The average molecular weight is 208 g/mol. The van der Waals surface area contributed by atoms with Gasteiger partial charge in [0.1, 0.15) is 5.56 Å². The summed E-state index contributed by atoms with van der Waals surface area (Å²) in [6, 6.07) is 0. The van der Waals surface area contributed by atoms with Crippen LogP contribution < -0.4 is 5.73 Å². The van der Waals surface area contributed by atoms with Crippen LogP contribution in [0.3, 0.4) is 0 Å². The van der Waals surface area contributed by atoms with Crippen molar-refractivity contribution in [3.63, 3.8) is 0 Å². The molecule has 2 N–H and O–H groups in total. The Balaban J connectivity index is 2.30. The molecule has 1 heterocycles. The van der Waals surface area contributed by atoms with Crippen molar-refractivity contribution in [2.24, 2.45) is 5.73 Å². The molecule has 0 saturated heterocycles. The summed E-state index contributed by atoms with van der Waals surface area (Å²) in [6.07, 6.45) is 5.82. The third kappa shape index (κ3) is 1.89. The number of hydrogen-bond acceptors (Lipinski definition) is 3. The standard InChI is InChI=1S/C11H16N2O2/c1-7-9(11(12)14)10(15-13-7)8-5-3-2-4-6-8/h8H,2-6H2,1H3,(H2,12,14). The molecule has 1 aromatic rings. The Morgan fingerprint density at radius 3 is 2.67 bits per heavy atom. The molecule has 1 amide bonds. The number of carbonyl (C=O) groups is 1. The molecular weight excluding hydrogens is 192 g/mol. The average Bonchev–Trinajstić information content (AvgIpc) is 2.61. The van der Waals surface area contributed by atoms with E-state index in [1.807, 2.05) is 0 Å². The van der Waals surface area contributed by atoms with Gasteiger partial charge in [-0.3, -0.25) is 4.79 Å². The van der Waals surface area contributed by atoms with Crippen molar-refractivity contribution in [1.29, 1.82) is 0 Å². The first-order chi connectivity index (χ1) is 7.20. The fraction of sp³-hybridized carbons (Fsp3) is 0.636. The third-order valence-corrected chi connectivity index (χ3v) is 3.11. The monoisotopic (exact) mass is 208 g/mol. The van der Waals surface area contributed by atoms with Gasteiger partial charge in [-0.1, -0.05) is 24.4 Å². The SMILES string of the molecule is Cc1noc(C2CCCCC2)c1C(N)=O. The van der Waals surface area contributed by atoms with Gasteiger partial charge in [0.2, 0.25) is 0 Å². The predicted molar refractivity (Wildman–Crippen MR) is 55.6 cm³/mol. The summed E-state index contributed by atoms with van der Waals surface area (Å²) in [6.45, 7) is 1.76. The number of primary amides is 1. The number of hydrogen-bond donors (Lipinski definition) is 1. The summed E-state index contributed by atoms with van der Waals surface area (Å²) < 4.78 is 5.25. The molecule has 0 bridgehead atoms. The van der Waals surface area contributed by atoms with Crippen LogP contribution in [0.25, 0.3) is 0 Å². The third-order valence-electron chi connectivity index (χ3n) is 3.11. The van der Waals surface area contributed by atoms with Gasteiger partial charge in [-0.15, -0.1) is 0 Å². The lowest BCUT2D eigenvalue weighted by Crippen LogP contribution is -2.16. The number of carbonyl (C=O) groups excluding carboxylic acids is 1. The van der Waals surface area contributed by atoms with E-state index in [2.05, 4.69) is 5.16 Å². The molecule has 0 radical (unpaired) electrons. The van der Waals surface area contributed by atoms with Crippen LogP contribution >= 0.6 is 0 Å². The minimum absolute atomic E-state index is 0.336. The van der Waals surface area contributed by atoms with E-state index >= 15 is 0 Å². The van der Waals surface area contributed by atoms with Crippen molar-refractivity contribution in [3.05, 3.63) is 17.0 Å². The van der Waals surface area contributed by atoms with Crippen LogP contribution in [0.4, 0.5) is 0 Å². The number of nitrogens with zero attached hydrogens (tertiary/aromatic N) is 1. The van der Waals surface area contributed by atoms with E-state index in [0.29, 0.717) is 22.9 Å². The molecule has 0 atom stereocenters. The van der Waals surface area contributed by atoms with Crippen molar-refractivity contribution < 1.29 is 9.32 Å². The molecular formula is C11H16N2O2. The first-order valence-electron chi connectivity index (χ1n) is 5.46. The lowest BCUT2D eigenvalue weighted by Gasteiger charge is -2.19. The maximum Gasteiger partial charge on any atom is 0.254 e. The van der Waals surface area contributed by atoms with Gasteiger partial charge in [0.05, 0.1) is 5.69 Å². The highest BCUT2D eigenvalue weighted by Gasteiger charge is 2.26. The molecule has 4 heteroatoms. The summed E-state index contributed by atoms with van der Waals surface area (Å²) in [7, 11) is 0. The second-order valence-electron chi connectivity index (χ2n) is 4.21. The summed E-state index contributed by atoms with van der Waals surface area (Å²) in [5, 5.41) is 3.84. The number of aryl methyl sites for hydroxylation is 1. The first kappa shape index (κ1) is 10.2. The Morgan fingerprint density at radius 2 is 2.07 bits per heavy atom. The zero-order valence-electron chi connectivity index (χ0n) is 8.95. The van der Waals surface area contributed by atoms with Crippen LogP contribution in [0.2, 0.25) is 0 Å². The van der Waals surface area contributed by atoms with Crippen LogP contribution in [-0.4, -0.2) is 11.1 Å². The number of amides is 1. The normalized spacial score (nSPS) is 17.9. The summed E-state index contributed by atoms with van der Waals surface area (Å²) in [4.78, 5) is 11.3. The van der Waals surface area contributed by atoms with Crippen molar-refractivity contribution in [3.8, 4) is 0 Å². The highest BCUT2D eigenvalue weighted by Crippen LogP contribution is 2.35. The topological polar surface area (TPSA) is 69.1 Å². The fourth-order valence-electron chi connectivity index (χ4n) is 2.33. The molecule has 0 unspecified atom stereocenters. The van der Waals surface area contributed by atoms with Gasteiger partial charge in [0, 0.05) is 5.92 Å². The fourth-order valence-corrected chi connectivity index (χ4v) is 2.33. The van der Waals surface area contributed by atoms with E-state index in [-0.39, 0.29) is 0 Å². The molecule has 0 aromatic carbocycles. The van der Waals surface area contributed by atoms with Crippen LogP contribution in [0, 0.1) is 6.92 Å². The van der Waals surface area contributed by atoms with Crippen LogP contribution in [0.5, 0.6) is 0 Å². The minimum atomic E-state index is -0.422. The van der Waals surface area contributed by atoms with Crippen molar-refractivity contribution in [2.45, 2.75) is 44.9 Å². The summed E-state index contributed by atoms with van der Waals surface area (Å²) >= 11 is 0. The predicted octanol–water partition coefficient (Wildman–Crippen LogP) is 2.13. The molecule has 1 fully saturated rings. The smallest absolute Gasteiger partial charge is 0.254 e. The van der Waals surface area contributed by atoms with Gasteiger partial charge in [-0.25, -0.2) is 0 Å². The molecule has 0 aliphatic heterocycles. The molecule has 1 aliphatic rings. The molecule has 4 nitrogen and oxygen atoms in total. The maximum atomic E-state index is 11.3. The Kier molecular flexibility index (Phi) is 2.75. The van der Waals surface area contributed by atoms with Gasteiger partial charge in [0.15, 0.2) is 5.76 Å². The van der Waals surface area contributed by atoms with E-state index < -0.39 is 5.91 Å². The highest BCUT2D eigenvalue weighted by atomic mass is 16.5. The van der Waals surface area contributed by atoms with E-state index in [1.165, 1.54) is 19.3 Å². The van der Waals surface area contributed by atoms with Crippen LogP contribution in [0.15, 0.2) is 4.52 Å². The second-order valence-corrected chi connectivity index (χ2v) is 4.21. The van der Waals surface area contributed by atoms with Gasteiger partial charge in [-0.2, -0.15) is 0 Å². The van der Waals surface area contributed by atoms with Gasteiger partial charge in [0.25, 0.3) is 5.91 Å². The zero-order valence-corrected chi connectivity index (χ0v) is 8.95. The highest BCUT2D eigenvalue weighted by molar-refractivity contribution is 5.94. The molecule has 2 rings (SSSR count). The van der Waals surface area contributed by atoms with Crippen molar-refractivity contribution in [1.82, 2.24) is 5.16 Å². The van der Waals surface area contributed by atoms with Crippen molar-refractivity contribution in [2.75, 3.05) is 0 Å². The van der Waals surface area contributed by atoms with Gasteiger partial charge >= 0.3 is 0 Å². The first-order valence-corrected chi connectivity index (χ1v) is 5.46. The van der Waals surface area contributed by atoms with E-state index in [1.54, 1.807) is 6.92 Å². The summed E-state index contributed by atoms with van der Waals surface area (Å²) in [5.74, 6) is 0.622. The second kappa shape index (κ2) is 4.04. The Bertz CT molecular complexity index is 365. The molecule has 1 saturated carbocycles. The Labute approximate surface area is 88.8 Å². The Morgan fingerprint density at radius 1 is 1.40 bits per heavy atom. The number of nitrogens with two attached hydrogens (primary N) is 1. The zero-order chi connectivity index (χ0) is 10.8. The molecule has 1 aliphatic carbocycles. The summed E-state index contributed by atoms with van der Waals surface area (Å²) in [5.41, 5.74) is 6.44. The lowest BCUT2D eigenvalue weighted by atomic mass is 9.86. The van der Waals surface area contributed by atoms with Crippen molar-refractivity contribution >= 4 is 5.91 Å². The number of aromatic nitrogens is 1. The minimum Gasteiger partial charge on any atom is -0.365 e. The van der Waals surface area contributed by atoms with E-state index in [4.69, 9.17) is 10.3 Å². The maximum absolute atomic E-state index is 11.3. The largest absolute Gasteiger partial charge is 0.365 e. The lowest BCUT2D eigenvalue weighted by molar-refractivity contribution is 0.0996. The van der Waals surface area contributed by atoms with Crippen LogP contribution in [0.1, 0.15) is 59.8 Å². The van der Waals surface area contributed by atoms with Gasteiger partial charge < -0.3 is 10.3 Å². The van der Waals surface area contributed by atoms with Crippen LogP contribution in [-0.2, 0) is 0 Å². The molecule has 1 aromatic heterocycles. The molecule has 82 valence electrons. The quantitative estimate of drug-likeness (QED) is 0.809. The van der Waals surface area contributed by atoms with E-state index in [9.17, 15) is 4.79 Å². The van der Waals surface area contributed by atoms with E-state index in [0.717, 1.165) is 12.8 Å². The van der Waals surface area contributed by atoms with Gasteiger partial charge in [-0.05, 0) is 19.8 Å². The number of rotatable bonds is 2. The Hall–Kier alpha value is -1.32.